The number of pyridine rings is 1. The normalized spacial score (nSPS) is 11.1. The molecule has 0 aromatic carbocycles. The van der Waals surface area contributed by atoms with E-state index in [2.05, 4.69) is 16.9 Å². The van der Waals surface area contributed by atoms with Crippen LogP contribution >= 0.6 is 0 Å². The molecule has 0 fully saturated rings. The van der Waals surface area contributed by atoms with Gasteiger partial charge in [-0.25, -0.2) is 0 Å². The highest BCUT2D eigenvalue weighted by atomic mass is 16.5. The van der Waals surface area contributed by atoms with Gasteiger partial charge >= 0.3 is 0 Å². The van der Waals surface area contributed by atoms with Gasteiger partial charge in [0.05, 0.1) is 5.69 Å². The van der Waals surface area contributed by atoms with Crippen LogP contribution in [-0.2, 0) is 11.3 Å². The fourth-order valence-electron chi connectivity index (χ4n) is 1.77. The van der Waals surface area contributed by atoms with Crippen LogP contribution in [-0.4, -0.2) is 37.2 Å². The Morgan fingerprint density at radius 2 is 2.12 bits per heavy atom. The largest absolute Gasteiger partial charge is 0.398 e. The third-order valence-electron chi connectivity index (χ3n) is 2.98. The molecule has 4 heteroatoms. The van der Waals surface area contributed by atoms with Gasteiger partial charge in [0.1, 0.15) is 0 Å². The van der Waals surface area contributed by atoms with Crippen molar-refractivity contribution in [3.63, 3.8) is 0 Å². The summed E-state index contributed by atoms with van der Waals surface area (Å²) in [7, 11) is 3.82. The molecule has 0 amide bonds. The molecule has 0 bridgehead atoms. The zero-order chi connectivity index (χ0) is 12.8. The maximum absolute atomic E-state index is 6.00. The van der Waals surface area contributed by atoms with E-state index in [4.69, 9.17) is 10.5 Å². The molecule has 0 unspecified atom stereocenters. The van der Waals surface area contributed by atoms with E-state index >= 15 is 0 Å². The molecule has 2 N–H and O–H groups in total. The maximum atomic E-state index is 6.00. The third kappa shape index (κ3) is 3.98. The summed E-state index contributed by atoms with van der Waals surface area (Å²) in [6, 6.07) is 0. The second-order valence-electron chi connectivity index (χ2n) is 4.51. The standard InChI is InChI=1S/C13H23N3O/c1-10-8-15-12(11(2)13(10)14)9-16(3)6-5-7-17-4/h8H,5-7,9H2,1-4H3,(H2,14,15). The van der Waals surface area contributed by atoms with Crippen LogP contribution in [0.5, 0.6) is 0 Å². The number of nitrogens with zero attached hydrogens (tertiary/aromatic N) is 2. The first-order chi connectivity index (χ1) is 8.06. The maximum Gasteiger partial charge on any atom is 0.0593 e. The SMILES string of the molecule is COCCCN(C)Cc1ncc(C)c(N)c1C. The Kier molecular flexibility index (Phi) is 5.38. The van der Waals surface area contributed by atoms with Crippen LogP contribution in [0.15, 0.2) is 6.20 Å². The summed E-state index contributed by atoms with van der Waals surface area (Å²) in [6.45, 7) is 6.66. The van der Waals surface area contributed by atoms with Crippen molar-refractivity contribution in [2.45, 2.75) is 26.8 Å². The number of methoxy groups -OCH3 is 1. The Morgan fingerprint density at radius 3 is 2.76 bits per heavy atom. The molecular formula is C13H23N3O. The molecule has 17 heavy (non-hydrogen) atoms. The lowest BCUT2D eigenvalue weighted by molar-refractivity contribution is 0.177. The molecule has 0 radical (unpaired) electrons. The van der Waals surface area contributed by atoms with Gasteiger partial charge in [-0.3, -0.25) is 4.98 Å². The summed E-state index contributed by atoms with van der Waals surface area (Å²) in [5.41, 5.74) is 10.1. The van der Waals surface area contributed by atoms with Crippen molar-refractivity contribution in [2.24, 2.45) is 0 Å². The lowest BCUT2D eigenvalue weighted by atomic mass is 10.1. The highest BCUT2D eigenvalue weighted by molar-refractivity contribution is 5.53. The molecule has 0 saturated heterocycles. The molecule has 1 aromatic heterocycles. The number of anilines is 1. The number of aromatic nitrogens is 1. The monoisotopic (exact) mass is 237 g/mol. The van der Waals surface area contributed by atoms with Crippen molar-refractivity contribution >= 4 is 5.69 Å². The molecule has 1 heterocycles. The Morgan fingerprint density at radius 1 is 1.41 bits per heavy atom. The number of nitrogens with two attached hydrogens (primary N) is 1. The zero-order valence-corrected chi connectivity index (χ0v) is 11.3. The summed E-state index contributed by atoms with van der Waals surface area (Å²) in [6.07, 6.45) is 2.88. The minimum absolute atomic E-state index is 0.798. The van der Waals surface area contributed by atoms with E-state index in [1.807, 2.05) is 20.0 Å². The van der Waals surface area contributed by atoms with Gasteiger partial charge in [0.15, 0.2) is 0 Å². The van der Waals surface area contributed by atoms with Gasteiger partial charge in [-0.1, -0.05) is 0 Å². The number of nitrogen functional groups attached to an aromatic ring is 1. The predicted molar refractivity (Wildman–Crippen MR) is 71.0 cm³/mol. The first-order valence-electron chi connectivity index (χ1n) is 5.94. The van der Waals surface area contributed by atoms with Crippen LogP contribution in [0, 0.1) is 13.8 Å². The molecule has 1 rings (SSSR count). The summed E-state index contributed by atoms with van der Waals surface area (Å²) in [5, 5.41) is 0. The Hall–Kier alpha value is -1.13. The highest BCUT2D eigenvalue weighted by Crippen LogP contribution is 2.18. The quantitative estimate of drug-likeness (QED) is 0.766. The van der Waals surface area contributed by atoms with E-state index in [9.17, 15) is 0 Å². The van der Waals surface area contributed by atoms with E-state index in [0.29, 0.717) is 0 Å². The van der Waals surface area contributed by atoms with Gasteiger partial charge in [0.2, 0.25) is 0 Å². The van der Waals surface area contributed by atoms with Crippen LogP contribution in [0.25, 0.3) is 0 Å². The van der Waals surface area contributed by atoms with Crippen LogP contribution in [0.1, 0.15) is 23.2 Å². The first-order valence-corrected chi connectivity index (χ1v) is 5.94. The van der Waals surface area contributed by atoms with Crippen molar-refractivity contribution in [3.8, 4) is 0 Å². The smallest absolute Gasteiger partial charge is 0.0593 e. The number of aryl methyl sites for hydroxylation is 1. The second-order valence-corrected chi connectivity index (χ2v) is 4.51. The van der Waals surface area contributed by atoms with Crippen molar-refractivity contribution in [1.29, 1.82) is 0 Å². The molecule has 1 aromatic rings. The number of ether oxygens (including phenoxy) is 1. The molecule has 4 nitrogen and oxygen atoms in total. The molecule has 96 valence electrons. The fraction of sp³-hybridized carbons (Fsp3) is 0.615. The first kappa shape index (κ1) is 13.9. The van der Waals surface area contributed by atoms with Gasteiger partial charge in [0.25, 0.3) is 0 Å². The van der Waals surface area contributed by atoms with Gasteiger partial charge in [-0.05, 0) is 38.4 Å². The van der Waals surface area contributed by atoms with Crippen LogP contribution in [0.3, 0.4) is 0 Å². The Balaban J connectivity index is 2.59. The van der Waals surface area contributed by atoms with E-state index < -0.39 is 0 Å². The number of hydrogen-bond acceptors (Lipinski definition) is 4. The molecule has 0 spiro atoms. The zero-order valence-electron chi connectivity index (χ0n) is 11.3. The second kappa shape index (κ2) is 6.57. The lowest BCUT2D eigenvalue weighted by Gasteiger charge is -2.18. The van der Waals surface area contributed by atoms with Gasteiger partial charge in [-0.2, -0.15) is 0 Å². The Labute approximate surface area is 104 Å². The Bertz CT molecular complexity index is 366. The lowest BCUT2D eigenvalue weighted by Crippen LogP contribution is -2.21. The van der Waals surface area contributed by atoms with Crippen molar-refractivity contribution in [1.82, 2.24) is 9.88 Å². The van der Waals surface area contributed by atoms with E-state index in [0.717, 1.165) is 48.6 Å². The van der Waals surface area contributed by atoms with Crippen LogP contribution in [0.2, 0.25) is 0 Å². The predicted octanol–water partition coefficient (Wildman–Crippen LogP) is 1.75. The highest BCUT2D eigenvalue weighted by Gasteiger charge is 2.08. The van der Waals surface area contributed by atoms with Crippen molar-refractivity contribution in [2.75, 3.05) is 33.0 Å². The van der Waals surface area contributed by atoms with Gasteiger partial charge in [0, 0.05) is 38.7 Å². The third-order valence-corrected chi connectivity index (χ3v) is 2.98. The molecular weight excluding hydrogens is 214 g/mol. The average molecular weight is 237 g/mol. The summed E-state index contributed by atoms with van der Waals surface area (Å²) >= 11 is 0. The van der Waals surface area contributed by atoms with Crippen LogP contribution in [0.4, 0.5) is 5.69 Å². The molecule has 0 atom stereocenters. The van der Waals surface area contributed by atoms with E-state index in [1.165, 1.54) is 0 Å². The summed E-state index contributed by atoms with van der Waals surface area (Å²) in [5.74, 6) is 0. The van der Waals surface area contributed by atoms with Crippen LogP contribution < -0.4 is 5.73 Å². The average Bonchev–Trinajstić information content (AvgIpc) is 2.30. The van der Waals surface area contributed by atoms with Crippen molar-refractivity contribution < 1.29 is 4.74 Å². The van der Waals surface area contributed by atoms with Crippen molar-refractivity contribution in [3.05, 3.63) is 23.0 Å². The molecule has 0 aliphatic carbocycles. The van der Waals surface area contributed by atoms with Gasteiger partial charge in [-0.15, -0.1) is 0 Å². The minimum atomic E-state index is 0.798. The molecule has 0 saturated carbocycles. The minimum Gasteiger partial charge on any atom is -0.398 e. The molecule has 0 aliphatic rings. The number of rotatable bonds is 6. The van der Waals surface area contributed by atoms with Gasteiger partial charge < -0.3 is 15.4 Å². The van der Waals surface area contributed by atoms with E-state index in [1.54, 1.807) is 7.11 Å². The summed E-state index contributed by atoms with van der Waals surface area (Å²) in [4.78, 5) is 6.69. The number of hydrogen-bond donors (Lipinski definition) is 1. The fourth-order valence-corrected chi connectivity index (χ4v) is 1.77. The summed E-state index contributed by atoms with van der Waals surface area (Å²) < 4.78 is 5.04. The van der Waals surface area contributed by atoms with E-state index in [-0.39, 0.29) is 0 Å². The topological polar surface area (TPSA) is 51.4 Å². The molecule has 0 aliphatic heterocycles.